The Balaban J connectivity index is 1.67. The van der Waals surface area contributed by atoms with Crippen molar-refractivity contribution in [3.05, 3.63) is 65.5 Å². The van der Waals surface area contributed by atoms with Crippen molar-refractivity contribution in [1.29, 1.82) is 0 Å². The lowest BCUT2D eigenvalue weighted by atomic mass is 10.1. The predicted octanol–water partition coefficient (Wildman–Crippen LogP) is 2.78. The monoisotopic (exact) mass is 379 g/mol. The zero-order valence-electron chi connectivity index (χ0n) is 14.6. The van der Waals surface area contributed by atoms with Crippen molar-refractivity contribution in [2.24, 2.45) is 0 Å². The zero-order chi connectivity index (χ0) is 18.6. The van der Waals surface area contributed by atoms with E-state index in [9.17, 15) is 12.8 Å². The number of hydrogen-bond acceptors (Lipinski definition) is 4. The average molecular weight is 379 g/mol. The van der Waals surface area contributed by atoms with Gasteiger partial charge in [0.15, 0.2) is 0 Å². The molecule has 1 unspecified atom stereocenters. The summed E-state index contributed by atoms with van der Waals surface area (Å²) in [6.07, 6.45) is -0.196. The highest BCUT2D eigenvalue weighted by molar-refractivity contribution is 7.89. The Kier molecular flexibility index (Phi) is 5.90. The largest absolute Gasteiger partial charge is 0.497 e. The Labute approximate surface area is 153 Å². The molecule has 0 aromatic heterocycles. The minimum atomic E-state index is -3.46. The molecular formula is C19H22FNO4S. The van der Waals surface area contributed by atoms with Crippen LogP contribution >= 0.6 is 0 Å². The average Bonchev–Trinajstić information content (AvgIpc) is 2.67. The number of ether oxygens (including phenoxy) is 2. The van der Waals surface area contributed by atoms with E-state index >= 15 is 0 Å². The summed E-state index contributed by atoms with van der Waals surface area (Å²) >= 11 is 0. The van der Waals surface area contributed by atoms with Gasteiger partial charge in [0.2, 0.25) is 10.0 Å². The second-order valence-electron chi connectivity index (χ2n) is 6.16. The molecule has 140 valence electrons. The van der Waals surface area contributed by atoms with Gasteiger partial charge in [0, 0.05) is 18.7 Å². The van der Waals surface area contributed by atoms with Crippen molar-refractivity contribution < 1.29 is 22.3 Å². The number of benzene rings is 2. The van der Waals surface area contributed by atoms with Gasteiger partial charge in [0.05, 0.1) is 25.6 Å². The number of hydrogen-bond donors (Lipinski definition) is 0. The minimum Gasteiger partial charge on any atom is -0.497 e. The molecule has 0 aliphatic carbocycles. The van der Waals surface area contributed by atoms with Gasteiger partial charge < -0.3 is 9.47 Å². The normalized spacial score (nSPS) is 18.6. The van der Waals surface area contributed by atoms with E-state index in [1.807, 2.05) is 24.3 Å². The molecule has 0 amide bonds. The van der Waals surface area contributed by atoms with Crippen molar-refractivity contribution in [2.75, 3.05) is 32.6 Å². The summed E-state index contributed by atoms with van der Waals surface area (Å²) in [5.41, 5.74) is 1.28. The number of methoxy groups -OCH3 is 1. The summed E-state index contributed by atoms with van der Waals surface area (Å²) in [6, 6.07) is 13.7. The molecule has 2 aromatic rings. The third-order valence-corrected chi connectivity index (χ3v) is 6.30. The highest BCUT2D eigenvalue weighted by Crippen LogP contribution is 2.26. The Morgan fingerprint density at radius 3 is 2.81 bits per heavy atom. The number of morpholine rings is 1. The van der Waals surface area contributed by atoms with Gasteiger partial charge in [-0.05, 0) is 30.2 Å². The fourth-order valence-electron chi connectivity index (χ4n) is 3.01. The molecule has 1 saturated heterocycles. The van der Waals surface area contributed by atoms with E-state index in [2.05, 4.69) is 0 Å². The van der Waals surface area contributed by atoms with Crippen LogP contribution in [0.15, 0.2) is 48.5 Å². The lowest BCUT2D eigenvalue weighted by Crippen LogP contribution is -2.43. The van der Waals surface area contributed by atoms with E-state index in [1.165, 1.54) is 10.4 Å². The van der Waals surface area contributed by atoms with Crippen LogP contribution in [0.4, 0.5) is 4.39 Å². The number of rotatable bonds is 6. The maximum absolute atomic E-state index is 14.0. The van der Waals surface area contributed by atoms with Gasteiger partial charge in [-0.1, -0.05) is 30.3 Å². The molecule has 1 atom stereocenters. The molecule has 0 spiro atoms. The van der Waals surface area contributed by atoms with E-state index in [1.54, 1.807) is 25.3 Å². The Hall–Kier alpha value is -1.96. The van der Waals surface area contributed by atoms with Crippen LogP contribution in [-0.4, -0.2) is 45.3 Å². The first-order valence-corrected chi connectivity index (χ1v) is 10.1. The highest BCUT2D eigenvalue weighted by Gasteiger charge is 2.31. The molecule has 0 saturated carbocycles. The Morgan fingerprint density at radius 2 is 2.04 bits per heavy atom. The van der Waals surface area contributed by atoms with Gasteiger partial charge in [0.1, 0.15) is 11.6 Å². The fraction of sp³-hybridized carbons (Fsp3) is 0.368. The van der Waals surface area contributed by atoms with Crippen LogP contribution in [0.1, 0.15) is 17.2 Å². The third-order valence-electron chi connectivity index (χ3n) is 4.46. The molecule has 0 bridgehead atoms. The van der Waals surface area contributed by atoms with Crippen LogP contribution in [0.5, 0.6) is 5.75 Å². The number of sulfonamides is 1. The first-order chi connectivity index (χ1) is 12.5. The van der Waals surface area contributed by atoms with Gasteiger partial charge in [0.25, 0.3) is 0 Å². The highest BCUT2D eigenvalue weighted by atomic mass is 32.2. The Bertz CT molecular complexity index is 856. The SMILES string of the molecule is COc1cccc(CCS(=O)(=O)N2CCOC(c3ccccc3F)C2)c1. The molecule has 7 heteroatoms. The molecular weight excluding hydrogens is 357 g/mol. The molecule has 1 aliphatic rings. The maximum Gasteiger partial charge on any atom is 0.214 e. The van der Waals surface area contributed by atoms with Crippen molar-refractivity contribution in [3.63, 3.8) is 0 Å². The fourth-order valence-corrected chi connectivity index (χ4v) is 4.47. The summed E-state index contributed by atoms with van der Waals surface area (Å²) in [6.45, 7) is 0.657. The van der Waals surface area contributed by atoms with Crippen LogP contribution in [0.3, 0.4) is 0 Å². The molecule has 1 fully saturated rings. The third kappa shape index (κ3) is 4.41. The van der Waals surface area contributed by atoms with E-state index in [0.717, 1.165) is 5.56 Å². The van der Waals surface area contributed by atoms with Crippen LogP contribution < -0.4 is 4.74 Å². The lowest BCUT2D eigenvalue weighted by molar-refractivity contribution is -0.00440. The molecule has 5 nitrogen and oxygen atoms in total. The number of nitrogens with zero attached hydrogens (tertiary/aromatic N) is 1. The molecule has 1 heterocycles. The van der Waals surface area contributed by atoms with Crippen LogP contribution in [0, 0.1) is 5.82 Å². The van der Waals surface area contributed by atoms with Crippen molar-refractivity contribution >= 4 is 10.0 Å². The Morgan fingerprint density at radius 1 is 1.23 bits per heavy atom. The zero-order valence-corrected chi connectivity index (χ0v) is 15.4. The molecule has 0 radical (unpaired) electrons. The van der Waals surface area contributed by atoms with E-state index in [0.29, 0.717) is 17.7 Å². The van der Waals surface area contributed by atoms with Gasteiger partial charge >= 0.3 is 0 Å². The van der Waals surface area contributed by atoms with Gasteiger partial charge in [-0.15, -0.1) is 0 Å². The van der Waals surface area contributed by atoms with Crippen LogP contribution in [-0.2, 0) is 21.2 Å². The number of halogens is 1. The molecule has 0 N–H and O–H groups in total. The summed E-state index contributed by atoms with van der Waals surface area (Å²) < 4.78 is 51.6. The smallest absolute Gasteiger partial charge is 0.214 e. The summed E-state index contributed by atoms with van der Waals surface area (Å²) in [5.74, 6) is 0.309. The van der Waals surface area contributed by atoms with Crippen molar-refractivity contribution in [2.45, 2.75) is 12.5 Å². The van der Waals surface area contributed by atoms with Gasteiger partial charge in [-0.2, -0.15) is 4.31 Å². The molecule has 3 rings (SSSR count). The van der Waals surface area contributed by atoms with Gasteiger partial charge in [-0.25, -0.2) is 12.8 Å². The minimum absolute atomic E-state index is 0.00976. The second-order valence-corrected chi connectivity index (χ2v) is 8.24. The predicted molar refractivity (Wildman–Crippen MR) is 97.2 cm³/mol. The maximum atomic E-state index is 14.0. The van der Waals surface area contributed by atoms with Crippen molar-refractivity contribution in [1.82, 2.24) is 4.31 Å². The van der Waals surface area contributed by atoms with Crippen LogP contribution in [0.2, 0.25) is 0 Å². The quantitative estimate of drug-likeness (QED) is 0.775. The lowest BCUT2D eigenvalue weighted by Gasteiger charge is -2.32. The standard InChI is InChI=1S/C19H22FNO4S/c1-24-16-6-4-5-15(13-16)9-12-26(22,23)21-10-11-25-19(14-21)17-7-2-3-8-18(17)20/h2-8,13,19H,9-12,14H2,1H3. The molecule has 2 aromatic carbocycles. The van der Waals surface area contributed by atoms with E-state index in [4.69, 9.17) is 9.47 Å². The molecule has 26 heavy (non-hydrogen) atoms. The topological polar surface area (TPSA) is 55.8 Å². The van der Waals surface area contributed by atoms with Crippen molar-refractivity contribution in [3.8, 4) is 5.75 Å². The van der Waals surface area contributed by atoms with Gasteiger partial charge in [-0.3, -0.25) is 0 Å². The molecule has 1 aliphatic heterocycles. The summed E-state index contributed by atoms with van der Waals surface area (Å²) in [4.78, 5) is 0. The summed E-state index contributed by atoms with van der Waals surface area (Å²) in [7, 11) is -1.89. The van der Waals surface area contributed by atoms with E-state index < -0.39 is 16.1 Å². The second kappa shape index (κ2) is 8.16. The number of aryl methyl sites for hydroxylation is 1. The van der Waals surface area contributed by atoms with Crippen LogP contribution in [0.25, 0.3) is 0 Å². The summed E-state index contributed by atoms with van der Waals surface area (Å²) in [5, 5.41) is 0. The first kappa shape index (κ1) is 18.8. The first-order valence-electron chi connectivity index (χ1n) is 8.46. The van der Waals surface area contributed by atoms with E-state index in [-0.39, 0.29) is 31.3 Å².